The number of nitrogens with zero attached hydrogens (tertiary/aromatic N) is 1. The van der Waals surface area contributed by atoms with Gasteiger partial charge >= 0.3 is 0 Å². The maximum absolute atomic E-state index is 3.98. The van der Waals surface area contributed by atoms with Gasteiger partial charge < -0.3 is 9.88 Å². The van der Waals surface area contributed by atoms with Gasteiger partial charge in [0.1, 0.15) is 0 Å². The van der Waals surface area contributed by atoms with Crippen LogP contribution in [-0.2, 0) is 16.2 Å². The summed E-state index contributed by atoms with van der Waals surface area (Å²) in [5, 5.41) is 10.6. The molecule has 2 nitrogen and oxygen atoms in total. The highest BCUT2D eigenvalue weighted by Crippen LogP contribution is 2.52. The third kappa shape index (κ3) is 5.12. The highest BCUT2D eigenvalue weighted by Gasteiger charge is 2.37. The molecule has 1 radical (unpaired) electrons. The van der Waals surface area contributed by atoms with Crippen LogP contribution in [0.25, 0.3) is 80.0 Å². The van der Waals surface area contributed by atoms with E-state index in [4.69, 9.17) is 0 Å². The number of fused-ring (bicyclic) bond motifs is 13. The molecule has 0 amide bonds. The van der Waals surface area contributed by atoms with Crippen molar-refractivity contribution in [3.05, 3.63) is 150 Å². The second-order valence-corrected chi connectivity index (χ2v) is 21.9. The molecule has 4 heterocycles. The second-order valence-electron chi connectivity index (χ2n) is 19.7. The minimum atomic E-state index is -0.133. The summed E-state index contributed by atoms with van der Waals surface area (Å²) in [6, 6.07) is 48.8. The Morgan fingerprint density at radius 2 is 1.27 bits per heavy atom. The van der Waals surface area contributed by atoms with Gasteiger partial charge in [-0.2, -0.15) is 0 Å². The summed E-state index contributed by atoms with van der Waals surface area (Å²) in [5.41, 5.74) is 18.0. The first kappa shape index (κ1) is 36.3. The Morgan fingerprint density at radius 3 is 2.07 bits per heavy atom. The van der Waals surface area contributed by atoms with Crippen molar-refractivity contribution >= 4 is 104 Å². The lowest BCUT2D eigenvalue weighted by Gasteiger charge is -2.25. The second kappa shape index (κ2) is 12.2. The molecule has 0 saturated heterocycles. The van der Waals surface area contributed by atoms with Crippen molar-refractivity contribution in [3.8, 4) is 27.9 Å². The number of anilines is 2. The fourth-order valence-electron chi connectivity index (χ4n) is 10.3. The summed E-state index contributed by atoms with van der Waals surface area (Å²) in [5.74, 6) is 0. The predicted molar refractivity (Wildman–Crippen MR) is 264 cm³/mol. The van der Waals surface area contributed by atoms with Crippen molar-refractivity contribution in [1.29, 1.82) is 0 Å². The van der Waals surface area contributed by atoms with Crippen LogP contribution in [0.3, 0.4) is 0 Å². The van der Waals surface area contributed by atoms with E-state index in [1.165, 1.54) is 112 Å². The molecule has 0 saturated carbocycles. The van der Waals surface area contributed by atoms with Crippen LogP contribution in [0.1, 0.15) is 77.6 Å². The van der Waals surface area contributed by atoms with Crippen LogP contribution in [0.15, 0.2) is 127 Å². The summed E-state index contributed by atoms with van der Waals surface area (Å²) in [7, 11) is 2.51. The molecule has 10 aromatic rings. The van der Waals surface area contributed by atoms with Gasteiger partial charge in [-0.15, -0.1) is 22.7 Å². The van der Waals surface area contributed by atoms with E-state index < -0.39 is 0 Å². The highest BCUT2D eigenvalue weighted by atomic mass is 32.1. The molecule has 291 valence electrons. The Morgan fingerprint density at radius 1 is 0.533 bits per heavy atom. The minimum Gasteiger partial charge on any atom is -0.355 e. The lowest BCUT2D eigenvalue weighted by Crippen LogP contribution is -2.35. The molecular formula is C55H46BN2S2. The van der Waals surface area contributed by atoms with Crippen LogP contribution in [0.2, 0.25) is 0 Å². The normalized spacial score (nSPS) is 14.3. The van der Waals surface area contributed by atoms with E-state index >= 15 is 0 Å². The Hall–Kier alpha value is -5.62. The van der Waals surface area contributed by atoms with Gasteiger partial charge in [-0.3, -0.25) is 0 Å². The number of benzene rings is 7. The molecule has 0 atom stereocenters. The fraction of sp³-hybridized carbons (Fsp3) is 0.200. The van der Waals surface area contributed by atoms with Crippen molar-refractivity contribution < 1.29 is 0 Å². The molecule has 0 fully saturated rings. The van der Waals surface area contributed by atoms with E-state index in [2.05, 4.69) is 200 Å². The van der Waals surface area contributed by atoms with Crippen LogP contribution in [0.4, 0.5) is 11.4 Å². The molecule has 0 bridgehead atoms. The van der Waals surface area contributed by atoms with E-state index in [0.717, 1.165) is 11.4 Å². The first-order chi connectivity index (χ1) is 28.7. The zero-order chi connectivity index (χ0) is 41.0. The molecule has 5 heteroatoms. The van der Waals surface area contributed by atoms with Gasteiger partial charge in [0, 0.05) is 68.9 Å². The Balaban J connectivity index is 1.16. The molecular weight excluding hydrogens is 764 g/mol. The minimum absolute atomic E-state index is 0.0414. The van der Waals surface area contributed by atoms with Gasteiger partial charge in [0.05, 0.1) is 11.2 Å². The SMILES string of the molecule is CC(C)(C)c1ccc(Nc2cc3c(cc2-c2ccc4c5cc6sc7ccccc7c6cc5n5c4c2[B]c2sc4ccc(C(C)(C)C)cc4c2-5)C(C)(C)c2ccccc2-3)cc1. The average Bonchev–Trinajstić information content (AvgIpc) is 3.93. The maximum atomic E-state index is 3.98. The maximum Gasteiger partial charge on any atom is 0.211 e. The van der Waals surface area contributed by atoms with Crippen LogP contribution in [-0.4, -0.2) is 11.8 Å². The van der Waals surface area contributed by atoms with Crippen LogP contribution in [0.5, 0.6) is 0 Å². The molecule has 3 aromatic heterocycles. The zero-order valence-corrected chi connectivity index (χ0v) is 37.1. The molecule has 0 spiro atoms. The Bertz CT molecular complexity index is 3470. The molecule has 0 unspecified atom stereocenters. The van der Waals surface area contributed by atoms with E-state index in [-0.39, 0.29) is 16.2 Å². The lowest BCUT2D eigenvalue weighted by atomic mass is 9.63. The third-order valence-electron chi connectivity index (χ3n) is 13.6. The van der Waals surface area contributed by atoms with Gasteiger partial charge in [0.15, 0.2) is 0 Å². The molecule has 12 rings (SSSR count). The van der Waals surface area contributed by atoms with Crippen molar-refractivity contribution in [2.45, 2.75) is 71.6 Å². The Labute approximate surface area is 360 Å². The van der Waals surface area contributed by atoms with Gasteiger partial charge in [-0.1, -0.05) is 128 Å². The smallest absolute Gasteiger partial charge is 0.211 e. The standard InChI is InChI=1S/C55H46BN2S2/c1-53(2,3)30-17-20-32(21-18-30)57-44-27-37-33-13-9-11-15-42(33)55(7,8)43(37)26-38(44)35-22-23-36-39-29-48-40(34-14-10-12-16-46(34)59-48)28-45(39)58-50(36)49(35)56-52-51(58)41-25-31(54(4,5)6)19-24-47(41)60-52/h9-29,57H,1-8H3. The number of rotatable bonds is 3. The van der Waals surface area contributed by atoms with Crippen molar-refractivity contribution in [1.82, 2.24) is 4.57 Å². The zero-order valence-electron chi connectivity index (χ0n) is 35.5. The number of hydrogen-bond acceptors (Lipinski definition) is 3. The van der Waals surface area contributed by atoms with Gasteiger partial charge in [0.25, 0.3) is 0 Å². The van der Waals surface area contributed by atoms with E-state index in [1.54, 1.807) is 0 Å². The number of thiophene rings is 2. The Kier molecular flexibility index (Phi) is 7.40. The first-order valence-electron chi connectivity index (χ1n) is 21.2. The molecule has 1 N–H and O–H groups in total. The third-order valence-corrected chi connectivity index (χ3v) is 15.8. The van der Waals surface area contributed by atoms with Gasteiger partial charge in [-0.25, -0.2) is 0 Å². The van der Waals surface area contributed by atoms with E-state index in [9.17, 15) is 0 Å². The number of hydrogen-bond donors (Lipinski definition) is 1. The van der Waals surface area contributed by atoms with Crippen molar-refractivity contribution in [2.75, 3.05) is 5.32 Å². The summed E-state index contributed by atoms with van der Waals surface area (Å²) in [6.45, 7) is 18.6. The molecule has 7 aromatic carbocycles. The van der Waals surface area contributed by atoms with Crippen LogP contribution >= 0.6 is 22.7 Å². The lowest BCUT2D eigenvalue weighted by molar-refractivity contribution is 0.590. The molecule has 1 aliphatic heterocycles. The van der Waals surface area contributed by atoms with Gasteiger partial charge in [0.2, 0.25) is 7.28 Å². The summed E-state index contributed by atoms with van der Waals surface area (Å²) >= 11 is 3.83. The number of nitrogens with one attached hydrogen (secondary N) is 1. The fourth-order valence-corrected chi connectivity index (χ4v) is 12.5. The topological polar surface area (TPSA) is 17.0 Å². The van der Waals surface area contributed by atoms with Crippen LogP contribution in [0, 0.1) is 0 Å². The highest BCUT2D eigenvalue weighted by molar-refractivity contribution is 7.29. The van der Waals surface area contributed by atoms with Gasteiger partial charge in [-0.05, 0) is 115 Å². The summed E-state index contributed by atoms with van der Waals surface area (Å²) in [4.78, 5) is 0. The van der Waals surface area contributed by atoms with E-state index in [0.29, 0.717) is 0 Å². The first-order valence-corrected chi connectivity index (χ1v) is 22.9. The number of aromatic nitrogens is 1. The van der Waals surface area contributed by atoms with Crippen LogP contribution < -0.4 is 15.6 Å². The largest absolute Gasteiger partial charge is 0.355 e. The monoisotopic (exact) mass is 809 g/mol. The summed E-state index contributed by atoms with van der Waals surface area (Å²) in [6.07, 6.45) is 0. The van der Waals surface area contributed by atoms with Crippen molar-refractivity contribution in [3.63, 3.8) is 0 Å². The predicted octanol–water partition coefficient (Wildman–Crippen LogP) is 14.6. The molecule has 60 heavy (non-hydrogen) atoms. The van der Waals surface area contributed by atoms with E-state index in [1.807, 2.05) is 22.7 Å². The van der Waals surface area contributed by atoms with Crippen molar-refractivity contribution in [2.24, 2.45) is 0 Å². The quantitative estimate of drug-likeness (QED) is 0.176. The summed E-state index contributed by atoms with van der Waals surface area (Å²) < 4.78 is 7.96. The molecule has 1 aliphatic carbocycles. The average molecular weight is 810 g/mol. The molecule has 2 aliphatic rings.